The molecule has 8 nitrogen and oxygen atoms in total. The molecule has 0 spiro atoms. The van der Waals surface area contributed by atoms with E-state index in [0.717, 1.165) is 11.1 Å². The third kappa shape index (κ3) is 6.31. The number of amides is 2. The highest BCUT2D eigenvalue weighted by molar-refractivity contribution is 5.90. The molecule has 4 unspecified atom stereocenters. The third-order valence-corrected chi connectivity index (χ3v) is 5.85. The fraction of sp³-hybridized carbons (Fsp3) is 0.440. The van der Waals surface area contributed by atoms with Crippen LogP contribution in [0.5, 0.6) is 5.75 Å². The smallest absolute Gasteiger partial charge is 0.261 e. The number of hydroxylamine groups is 1. The monoisotopic (exact) mass is 455 g/mol. The number of phenols is 1. The van der Waals surface area contributed by atoms with Crippen LogP contribution < -0.4 is 16.1 Å². The summed E-state index contributed by atoms with van der Waals surface area (Å²) in [6.45, 7) is 6.39. The average molecular weight is 456 g/mol. The predicted octanol–water partition coefficient (Wildman–Crippen LogP) is 1.84. The second-order valence-corrected chi connectivity index (χ2v) is 9.83. The van der Waals surface area contributed by atoms with Crippen LogP contribution in [0.3, 0.4) is 0 Å². The van der Waals surface area contributed by atoms with Crippen molar-refractivity contribution in [3.63, 3.8) is 0 Å². The lowest BCUT2D eigenvalue weighted by atomic mass is 9.88. The van der Waals surface area contributed by atoms with E-state index in [2.05, 4.69) is 10.6 Å². The molecule has 2 aromatic carbocycles. The summed E-state index contributed by atoms with van der Waals surface area (Å²) in [5.41, 5.74) is 3.97. The molecule has 0 aromatic heterocycles. The van der Waals surface area contributed by atoms with E-state index in [0.29, 0.717) is 18.5 Å². The van der Waals surface area contributed by atoms with E-state index in [4.69, 9.17) is 0 Å². The van der Waals surface area contributed by atoms with Gasteiger partial charge in [0.05, 0.1) is 18.1 Å². The molecule has 6 N–H and O–H groups in total. The molecular weight excluding hydrogens is 422 g/mol. The Morgan fingerprint density at radius 2 is 1.82 bits per heavy atom. The molecule has 2 aromatic rings. The van der Waals surface area contributed by atoms with Crippen LogP contribution in [0.15, 0.2) is 48.5 Å². The summed E-state index contributed by atoms with van der Waals surface area (Å²) >= 11 is 0. The van der Waals surface area contributed by atoms with Gasteiger partial charge in [-0.3, -0.25) is 14.8 Å². The standard InChI is InChI=1S/C25H33N3O5/c1-25(2,3)14-26-22(24(32)28-33)19(12-15-7-6-9-17(29)11-15)23(31)27-21-18-10-5-4-8-16(18)13-20(21)30/h4-11,19-22,26,29-30,33H,12-14H2,1-3H3,(H,27,31)(H,28,32). The average Bonchev–Trinajstić information content (AvgIpc) is 3.07. The number of rotatable bonds is 8. The molecule has 0 bridgehead atoms. The third-order valence-electron chi connectivity index (χ3n) is 5.85. The first-order valence-electron chi connectivity index (χ1n) is 11.1. The number of carbonyl (C=O) groups excluding carboxylic acids is 2. The minimum atomic E-state index is -1.04. The van der Waals surface area contributed by atoms with Crippen LogP contribution >= 0.6 is 0 Å². The lowest BCUT2D eigenvalue weighted by molar-refractivity contribution is -0.138. The van der Waals surface area contributed by atoms with E-state index in [1.54, 1.807) is 17.6 Å². The first kappa shape index (κ1) is 24.7. The molecule has 1 aliphatic rings. The fourth-order valence-electron chi connectivity index (χ4n) is 4.21. The summed E-state index contributed by atoms with van der Waals surface area (Å²) in [7, 11) is 0. The van der Waals surface area contributed by atoms with Gasteiger partial charge in [-0.1, -0.05) is 57.2 Å². The molecule has 0 heterocycles. The molecule has 0 saturated carbocycles. The van der Waals surface area contributed by atoms with Gasteiger partial charge in [-0.25, -0.2) is 5.48 Å². The lowest BCUT2D eigenvalue weighted by Gasteiger charge is -2.30. The van der Waals surface area contributed by atoms with Crippen LogP contribution in [0.2, 0.25) is 0 Å². The van der Waals surface area contributed by atoms with Crippen molar-refractivity contribution in [2.24, 2.45) is 11.3 Å². The Balaban J connectivity index is 1.91. The molecule has 4 atom stereocenters. The number of aliphatic hydroxyl groups is 1. The number of benzene rings is 2. The number of nitrogens with one attached hydrogen (secondary N) is 3. The first-order chi connectivity index (χ1) is 15.6. The molecule has 8 heteroatoms. The summed E-state index contributed by atoms with van der Waals surface area (Å²) in [4.78, 5) is 26.2. The molecule has 1 aliphatic carbocycles. The molecule has 3 rings (SSSR count). The predicted molar refractivity (Wildman–Crippen MR) is 124 cm³/mol. The van der Waals surface area contributed by atoms with Crippen LogP contribution in [-0.4, -0.2) is 45.9 Å². The van der Waals surface area contributed by atoms with Crippen molar-refractivity contribution in [3.8, 4) is 5.75 Å². The quantitative estimate of drug-likeness (QED) is 0.266. The molecule has 0 radical (unpaired) electrons. The van der Waals surface area contributed by atoms with Gasteiger partial charge in [0.15, 0.2) is 0 Å². The Hall–Kier alpha value is -2.94. The van der Waals surface area contributed by atoms with E-state index in [1.807, 2.05) is 45.0 Å². The van der Waals surface area contributed by atoms with Crippen molar-refractivity contribution >= 4 is 11.8 Å². The maximum absolute atomic E-state index is 13.5. The second kappa shape index (κ2) is 10.3. The van der Waals surface area contributed by atoms with Crippen LogP contribution in [0.1, 0.15) is 43.5 Å². The minimum absolute atomic E-state index is 0.0533. The molecule has 178 valence electrons. The van der Waals surface area contributed by atoms with Gasteiger partial charge in [0, 0.05) is 13.0 Å². The zero-order valence-corrected chi connectivity index (χ0v) is 19.2. The van der Waals surface area contributed by atoms with E-state index < -0.39 is 35.9 Å². The van der Waals surface area contributed by atoms with Crippen LogP contribution in [0, 0.1) is 11.3 Å². The van der Waals surface area contributed by atoms with Gasteiger partial charge in [0.1, 0.15) is 11.8 Å². The van der Waals surface area contributed by atoms with Gasteiger partial charge in [-0.05, 0) is 40.7 Å². The largest absolute Gasteiger partial charge is 0.508 e. The zero-order valence-electron chi connectivity index (χ0n) is 19.2. The Labute approximate surface area is 194 Å². The summed E-state index contributed by atoms with van der Waals surface area (Å²) in [5, 5.41) is 35.9. The number of phenolic OH excluding ortho intramolecular Hbond substituents is 1. The maximum Gasteiger partial charge on any atom is 0.261 e. The van der Waals surface area contributed by atoms with Crippen molar-refractivity contribution in [1.29, 1.82) is 0 Å². The summed E-state index contributed by atoms with van der Waals surface area (Å²) in [5.74, 6) is -2.03. The Morgan fingerprint density at radius 1 is 1.09 bits per heavy atom. The maximum atomic E-state index is 13.5. The van der Waals surface area contributed by atoms with Crippen molar-refractivity contribution in [2.75, 3.05) is 6.54 Å². The number of fused-ring (bicyclic) bond motifs is 1. The van der Waals surface area contributed by atoms with Gasteiger partial charge in [-0.15, -0.1) is 0 Å². The second-order valence-electron chi connectivity index (χ2n) is 9.83. The number of hydrogen-bond donors (Lipinski definition) is 6. The Bertz CT molecular complexity index is 988. The van der Waals surface area contributed by atoms with Crippen molar-refractivity contribution in [1.82, 2.24) is 16.1 Å². The minimum Gasteiger partial charge on any atom is -0.508 e. The summed E-state index contributed by atoms with van der Waals surface area (Å²) in [6.07, 6.45) is -0.207. The zero-order chi connectivity index (χ0) is 24.2. The highest BCUT2D eigenvalue weighted by Gasteiger charge is 2.38. The highest BCUT2D eigenvalue weighted by atomic mass is 16.5. The molecule has 2 amide bonds. The van der Waals surface area contributed by atoms with E-state index >= 15 is 0 Å². The molecule has 0 fully saturated rings. The van der Waals surface area contributed by atoms with Gasteiger partial charge in [-0.2, -0.15) is 0 Å². The Kier molecular flexibility index (Phi) is 7.73. The molecular formula is C25H33N3O5. The van der Waals surface area contributed by atoms with Gasteiger partial charge >= 0.3 is 0 Å². The molecule has 33 heavy (non-hydrogen) atoms. The van der Waals surface area contributed by atoms with Crippen LogP contribution in [0.25, 0.3) is 0 Å². The van der Waals surface area contributed by atoms with E-state index in [9.17, 15) is 25.0 Å². The van der Waals surface area contributed by atoms with E-state index in [-0.39, 0.29) is 17.6 Å². The number of aromatic hydroxyl groups is 1. The fourth-order valence-corrected chi connectivity index (χ4v) is 4.21. The highest BCUT2D eigenvalue weighted by Crippen LogP contribution is 2.32. The van der Waals surface area contributed by atoms with Crippen molar-refractivity contribution < 1.29 is 25.0 Å². The van der Waals surface area contributed by atoms with Gasteiger partial charge in [0.2, 0.25) is 5.91 Å². The van der Waals surface area contributed by atoms with Gasteiger partial charge < -0.3 is 20.8 Å². The summed E-state index contributed by atoms with van der Waals surface area (Å²) < 4.78 is 0. The topological polar surface area (TPSA) is 131 Å². The first-order valence-corrected chi connectivity index (χ1v) is 11.1. The Morgan fingerprint density at radius 3 is 2.48 bits per heavy atom. The van der Waals surface area contributed by atoms with Gasteiger partial charge in [0.25, 0.3) is 5.91 Å². The van der Waals surface area contributed by atoms with Crippen LogP contribution in [-0.2, 0) is 22.4 Å². The van der Waals surface area contributed by atoms with Crippen LogP contribution in [0.4, 0.5) is 0 Å². The molecule has 0 saturated heterocycles. The number of carbonyl (C=O) groups is 2. The van der Waals surface area contributed by atoms with Crippen molar-refractivity contribution in [2.45, 2.75) is 51.8 Å². The lowest BCUT2D eigenvalue weighted by Crippen LogP contribution is -2.55. The summed E-state index contributed by atoms with van der Waals surface area (Å²) in [6, 6.07) is 12.4. The van der Waals surface area contributed by atoms with Crippen molar-refractivity contribution in [3.05, 3.63) is 65.2 Å². The SMILES string of the molecule is CC(C)(C)CNC(C(=O)NO)C(Cc1cccc(O)c1)C(=O)NC1c2ccccc2CC1O. The normalized spacial score (nSPS) is 19.4. The molecule has 0 aliphatic heterocycles. The number of aliphatic hydroxyl groups excluding tert-OH is 1. The number of hydrogen-bond acceptors (Lipinski definition) is 6. The van der Waals surface area contributed by atoms with E-state index in [1.165, 1.54) is 12.1 Å².